The van der Waals surface area contributed by atoms with Crippen LogP contribution in [-0.4, -0.2) is 36.6 Å². The average Bonchev–Trinajstić information content (AvgIpc) is 2.83. The average molecular weight is 262 g/mol. The Labute approximate surface area is 112 Å². The SMILES string of the molecule is CC1CCNC1C(=O)N(C)c1ccc(C(=O)O)cc1. The van der Waals surface area contributed by atoms with Crippen LogP contribution in [0.3, 0.4) is 0 Å². The summed E-state index contributed by atoms with van der Waals surface area (Å²) in [6.45, 7) is 2.92. The molecular formula is C14H18N2O3. The van der Waals surface area contributed by atoms with Gasteiger partial charge in [-0.1, -0.05) is 6.92 Å². The van der Waals surface area contributed by atoms with Crippen LogP contribution < -0.4 is 10.2 Å². The predicted octanol–water partition coefficient (Wildman–Crippen LogP) is 1.35. The molecule has 102 valence electrons. The molecule has 1 aromatic carbocycles. The summed E-state index contributed by atoms with van der Waals surface area (Å²) >= 11 is 0. The van der Waals surface area contributed by atoms with Gasteiger partial charge >= 0.3 is 5.97 Å². The van der Waals surface area contributed by atoms with Gasteiger partial charge in [0.2, 0.25) is 5.91 Å². The number of likely N-dealkylation sites (N-methyl/N-ethyl adjacent to an activating group) is 1. The summed E-state index contributed by atoms with van der Waals surface area (Å²) in [6, 6.07) is 6.17. The second-order valence-corrected chi connectivity index (χ2v) is 4.95. The molecule has 1 fully saturated rings. The minimum absolute atomic E-state index is 0.0214. The molecule has 5 heteroatoms. The van der Waals surface area contributed by atoms with E-state index in [4.69, 9.17) is 5.11 Å². The number of aromatic carboxylic acids is 1. The Morgan fingerprint density at radius 1 is 1.32 bits per heavy atom. The highest BCUT2D eigenvalue weighted by atomic mass is 16.4. The topological polar surface area (TPSA) is 69.6 Å². The first kappa shape index (κ1) is 13.5. The maximum Gasteiger partial charge on any atom is 0.335 e. The summed E-state index contributed by atoms with van der Waals surface area (Å²) in [7, 11) is 1.71. The normalized spacial score (nSPS) is 22.2. The highest BCUT2D eigenvalue weighted by Gasteiger charge is 2.31. The van der Waals surface area contributed by atoms with Gasteiger partial charge in [0.1, 0.15) is 0 Å². The molecule has 0 bridgehead atoms. The Morgan fingerprint density at radius 2 is 1.95 bits per heavy atom. The van der Waals surface area contributed by atoms with Gasteiger partial charge in [-0.2, -0.15) is 0 Å². The number of hydrogen-bond donors (Lipinski definition) is 2. The number of carboxylic acid groups (broad SMARTS) is 1. The second-order valence-electron chi connectivity index (χ2n) is 4.95. The van der Waals surface area contributed by atoms with Crippen LogP contribution >= 0.6 is 0 Å². The molecule has 19 heavy (non-hydrogen) atoms. The molecule has 2 N–H and O–H groups in total. The fraction of sp³-hybridized carbons (Fsp3) is 0.429. The number of nitrogens with one attached hydrogen (secondary N) is 1. The van der Waals surface area contributed by atoms with Crippen LogP contribution in [0.4, 0.5) is 5.69 Å². The summed E-state index contributed by atoms with van der Waals surface area (Å²) in [5.74, 6) is -0.618. The van der Waals surface area contributed by atoms with Crippen LogP contribution in [-0.2, 0) is 4.79 Å². The number of carboxylic acids is 1. The second kappa shape index (κ2) is 5.40. The highest BCUT2D eigenvalue weighted by Crippen LogP contribution is 2.20. The lowest BCUT2D eigenvalue weighted by molar-refractivity contribution is -0.120. The molecule has 1 aliphatic rings. The van der Waals surface area contributed by atoms with E-state index in [1.165, 1.54) is 12.1 Å². The van der Waals surface area contributed by atoms with Gasteiger partial charge in [0.05, 0.1) is 11.6 Å². The van der Waals surface area contributed by atoms with Crippen LogP contribution in [0.2, 0.25) is 0 Å². The van der Waals surface area contributed by atoms with Crippen LogP contribution in [0.5, 0.6) is 0 Å². The summed E-state index contributed by atoms with van der Waals surface area (Å²) in [4.78, 5) is 24.7. The number of carbonyl (C=O) groups is 2. The van der Waals surface area contributed by atoms with Crippen molar-refractivity contribution in [3.63, 3.8) is 0 Å². The standard InChI is InChI=1S/C14H18N2O3/c1-9-7-8-15-12(9)13(17)16(2)11-5-3-10(4-6-11)14(18)19/h3-6,9,12,15H,7-8H2,1-2H3,(H,18,19). The first-order chi connectivity index (χ1) is 9.00. The predicted molar refractivity (Wildman–Crippen MR) is 72.4 cm³/mol. The molecule has 1 aliphatic heterocycles. The highest BCUT2D eigenvalue weighted by molar-refractivity contribution is 5.97. The third-order valence-corrected chi connectivity index (χ3v) is 3.63. The molecule has 0 saturated carbocycles. The Hall–Kier alpha value is -1.88. The Bertz CT molecular complexity index is 484. The van der Waals surface area contributed by atoms with Crippen molar-refractivity contribution in [3.8, 4) is 0 Å². The van der Waals surface area contributed by atoms with Crippen LogP contribution in [0.25, 0.3) is 0 Å². The zero-order chi connectivity index (χ0) is 14.0. The summed E-state index contributed by atoms with van der Waals surface area (Å²) in [5, 5.41) is 12.0. The molecule has 1 heterocycles. The molecular weight excluding hydrogens is 244 g/mol. The van der Waals surface area contributed by atoms with E-state index in [9.17, 15) is 9.59 Å². The van der Waals surface area contributed by atoms with Gasteiger partial charge in [-0.25, -0.2) is 4.79 Å². The summed E-state index contributed by atoms with van der Waals surface area (Å²) in [5.41, 5.74) is 0.924. The van der Waals surface area contributed by atoms with Gasteiger partial charge in [-0.3, -0.25) is 4.79 Å². The lowest BCUT2D eigenvalue weighted by Crippen LogP contribution is -2.44. The molecule has 0 radical (unpaired) electrons. The van der Waals surface area contributed by atoms with Crippen molar-refractivity contribution in [3.05, 3.63) is 29.8 Å². The molecule has 2 atom stereocenters. The molecule has 2 rings (SSSR count). The fourth-order valence-electron chi connectivity index (χ4n) is 2.33. The molecule has 2 unspecified atom stereocenters. The van der Waals surface area contributed by atoms with Crippen LogP contribution in [0.1, 0.15) is 23.7 Å². The monoisotopic (exact) mass is 262 g/mol. The van der Waals surface area contributed by atoms with Gasteiger partial charge in [0.15, 0.2) is 0 Å². The molecule has 1 saturated heterocycles. The van der Waals surface area contributed by atoms with E-state index in [0.717, 1.165) is 13.0 Å². The van der Waals surface area contributed by atoms with Gasteiger partial charge in [0.25, 0.3) is 0 Å². The lowest BCUT2D eigenvalue weighted by Gasteiger charge is -2.23. The van der Waals surface area contributed by atoms with E-state index in [0.29, 0.717) is 11.6 Å². The third kappa shape index (κ3) is 2.76. The zero-order valence-electron chi connectivity index (χ0n) is 11.1. The molecule has 1 amide bonds. The molecule has 5 nitrogen and oxygen atoms in total. The molecule has 1 aromatic rings. The quantitative estimate of drug-likeness (QED) is 0.862. The van der Waals surface area contributed by atoms with Crippen LogP contribution in [0.15, 0.2) is 24.3 Å². The largest absolute Gasteiger partial charge is 0.478 e. The Balaban J connectivity index is 2.12. The number of carbonyl (C=O) groups excluding carboxylic acids is 1. The van der Waals surface area contributed by atoms with Gasteiger partial charge in [-0.05, 0) is 43.1 Å². The Kier molecular flexibility index (Phi) is 3.85. The number of rotatable bonds is 3. The van der Waals surface area contributed by atoms with E-state index in [-0.39, 0.29) is 17.5 Å². The van der Waals surface area contributed by atoms with Gasteiger partial charge in [0, 0.05) is 12.7 Å². The minimum atomic E-state index is -0.966. The molecule has 0 spiro atoms. The van der Waals surface area contributed by atoms with Crippen molar-refractivity contribution in [2.45, 2.75) is 19.4 Å². The number of benzene rings is 1. The first-order valence-corrected chi connectivity index (χ1v) is 6.35. The molecule has 0 aliphatic carbocycles. The van der Waals surface area contributed by atoms with Crippen molar-refractivity contribution in [1.82, 2.24) is 5.32 Å². The summed E-state index contributed by atoms with van der Waals surface area (Å²) < 4.78 is 0. The maximum atomic E-state index is 12.3. The minimum Gasteiger partial charge on any atom is -0.478 e. The van der Waals surface area contributed by atoms with E-state index in [1.54, 1.807) is 24.1 Å². The summed E-state index contributed by atoms with van der Waals surface area (Å²) in [6.07, 6.45) is 1.00. The third-order valence-electron chi connectivity index (χ3n) is 3.63. The van der Waals surface area contributed by atoms with Crippen molar-refractivity contribution in [2.24, 2.45) is 5.92 Å². The number of hydrogen-bond acceptors (Lipinski definition) is 3. The van der Waals surface area contributed by atoms with Gasteiger partial charge in [-0.15, -0.1) is 0 Å². The number of nitrogens with zero attached hydrogens (tertiary/aromatic N) is 1. The fourth-order valence-corrected chi connectivity index (χ4v) is 2.33. The van der Waals surface area contributed by atoms with Crippen LogP contribution in [0, 0.1) is 5.92 Å². The first-order valence-electron chi connectivity index (χ1n) is 6.35. The lowest BCUT2D eigenvalue weighted by atomic mass is 10.0. The molecule has 0 aromatic heterocycles. The number of anilines is 1. The van der Waals surface area contributed by atoms with E-state index < -0.39 is 5.97 Å². The maximum absolute atomic E-state index is 12.3. The van der Waals surface area contributed by atoms with Crippen molar-refractivity contribution < 1.29 is 14.7 Å². The van der Waals surface area contributed by atoms with Crippen molar-refractivity contribution in [1.29, 1.82) is 0 Å². The zero-order valence-corrected chi connectivity index (χ0v) is 11.1. The number of amides is 1. The smallest absolute Gasteiger partial charge is 0.335 e. The van der Waals surface area contributed by atoms with E-state index >= 15 is 0 Å². The van der Waals surface area contributed by atoms with Crippen molar-refractivity contribution in [2.75, 3.05) is 18.5 Å². The van der Waals surface area contributed by atoms with Gasteiger partial charge < -0.3 is 15.3 Å². The van der Waals surface area contributed by atoms with E-state index in [2.05, 4.69) is 12.2 Å². The van der Waals surface area contributed by atoms with Crippen molar-refractivity contribution >= 4 is 17.6 Å². The van der Waals surface area contributed by atoms with E-state index in [1.807, 2.05) is 0 Å². The Morgan fingerprint density at radius 3 is 2.42 bits per heavy atom.